The molecule has 56 heavy (non-hydrogen) atoms. The Morgan fingerprint density at radius 1 is 1.11 bits per heavy atom. The van der Waals surface area contributed by atoms with Gasteiger partial charge in [-0.05, 0) is 93.1 Å². The van der Waals surface area contributed by atoms with Crippen LogP contribution in [0.4, 0.5) is 10.1 Å². The molecule has 0 spiro atoms. The van der Waals surface area contributed by atoms with E-state index in [0.717, 1.165) is 17.2 Å². The zero-order valence-electron chi connectivity index (χ0n) is 34.8. The number of likely N-dealkylation sites (N-methyl/N-ethyl adjacent to an activating group) is 1. The third kappa shape index (κ3) is 11.7. The third-order valence-corrected chi connectivity index (χ3v) is 10.9. The van der Waals surface area contributed by atoms with Gasteiger partial charge in [0.15, 0.2) is 0 Å². The second kappa shape index (κ2) is 19.9. The molecule has 1 heterocycles. The van der Waals surface area contributed by atoms with Gasteiger partial charge in [0.05, 0.1) is 25.9 Å². The number of ether oxygens (including phenoxy) is 1. The minimum Gasteiger partial charge on any atom is -0.496 e. The van der Waals surface area contributed by atoms with Crippen LogP contribution in [0.1, 0.15) is 74.9 Å². The summed E-state index contributed by atoms with van der Waals surface area (Å²) >= 11 is 0. The highest BCUT2D eigenvalue weighted by molar-refractivity contribution is 5.97. The summed E-state index contributed by atoms with van der Waals surface area (Å²) in [6, 6.07) is 17.2. The van der Waals surface area contributed by atoms with Gasteiger partial charge in [-0.3, -0.25) is 14.4 Å². The summed E-state index contributed by atoms with van der Waals surface area (Å²) in [5.41, 5.74) is 15.8. The Morgan fingerprint density at radius 2 is 1.80 bits per heavy atom. The predicted octanol–water partition coefficient (Wildman–Crippen LogP) is 5.62. The first-order valence-electron chi connectivity index (χ1n) is 19.7. The minimum absolute atomic E-state index is 0.0262. The highest BCUT2D eigenvalue weighted by atomic mass is 19.1. The Kier molecular flexibility index (Phi) is 15.8. The van der Waals surface area contributed by atoms with E-state index in [1.54, 1.807) is 12.1 Å². The van der Waals surface area contributed by atoms with Gasteiger partial charge in [-0.2, -0.15) is 5.06 Å². The number of nitrogens with zero attached hydrogens (tertiary/aromatic N) is 3. The predicted molar refractivity (Wildman–Crippen MR) is 222 cm³/mol. The van der Waals surface area contributed by atoms with E-state index in [1.165, 1.54) is 50.8 Å². The molecular weight excluding hydrogens is 712 g/mol. The molecule has 0 bridgehead atoms. The molecule has 2 amide bonds. The standard InChI is InChI=1S/C35H47FN6O5.C9H18/c1-21(43)31-30(18-37)47-42(32(31)34(38)44)20-28-29(36)13-12-27(33(28)46-6)23-15-24(17-26(16-23)41(4)5)35(45)39-25(19-40(2)3)14-22-10-8-7-9-11-22;1-8-5-4-6-9(2,3)7-8/h7-13,15-17,21,25,30-32,43H,14,18-20,37H2,1-6H3,(H2,38,44)(H,39,45);8H,4-7H2,1-3H3/t21-,25?,30?,31?,32?;/m0./s1. The molecule has 11 nitrogen and oxygen atoms in total. The second-order valence-corrected chi connectivity index (χ2v) is 16.9. The number of aliphatic hydroxyl groups excluding tert-OH is 1. The summed E-state index contributed by atoms with van der Waals surface area (Å²) in [6.07, 6.45) is 4.81. The molecule has 1 aliphatic carbocycles. The number of nitrogens with two attached hydrogens (primary N) is 2. The van der Waals surface area contributed by atoms with Crippen molar-refractivity contribution in [3.05, 3.63) is 83.2 Å². The number of nitrogens with one attached hydrogen (secondary N) is 1. The molecule has 2 fully saturated rings. The lowest BCUT2D eigenvalue weighted by Crippen LogP contribution is -2.47. The van der Waals surface area contributed by atoms with Crippen molar-refractivity contribution in [3.63, 3.8) is 0 Å². The van der Waals surface area contributed by atoms with E-state index in [-0.39, 0.29) is 36.4 Å². The van der Waals surface area contributed by atoms with Crippen molar-refractivity contribution < 1.29 is 28.7 Å². The van der Waals surface area contributed by atoms with Gasteiger partial charge >= 0.3 is 0 Å². The maximum absolute atomic E-state index is 15.6. The van der Waals surface area contributed by atoms with Crippen LogP contribution >= 0.6 is 0 Å². The fourth-order valence-electron chi connectivity index (χ4n) is 8.32. The number of hydrogen-bond donors (Lipinski definition) is 4. The Hall–Kier alpha value is -4.07. The van der Waals surface area contributed by atoms with Crippen molar-refractivity contribution in [2.45, 2.75) is 90.6 Å². The molecular formula is C44H65FN6O5. The van der Waals surface area contributed by atoms with Gasteiger partial charge < -0.3 is 36.4 Å². The van der Waals surface area contributed by atoms with E-state index in [2.05, 4.69) is 26.1 Å². The van der Waals surface area contributed by atoms with Crippen LogP contribution in [0.25, 0.3) is 11.1 Å². The van der Waals surface area contributed by atoms with Crippen LogP contribution in [0.3, 0.4) is 0 Å². The molecule has 2 aliphatic rings. The summed E-state index contributed by atoms with van der Waals surface area (Å²) < 4.78 is 21.4. The molecule has 12 heteroatoms. The lowest BCUT2D eigenvalue weighted by molar-refractivity contribution is -0.172. The van der Waals surface area contributed by atoms with Gasteiger partial charge in [-0.25, -0.2) is 4.39 Å². The van der Waals surface area contributed by atoms with Crippen molar-refractivity contribution in [3.8, 4) is 16.9 Å². The molecule has 0 aromatic heterocycles. The van der Waals surface area contributed by atoms with Gasteiger partial charge in [-0.15, -0.1) is 0 Å². The Balaban J connectivity index is 0.000000678. The molecule has 3 aromatic rings. The number of methoxy groups -OCH3 is 1. The van der Waals surface area contributed by atoms with Crippen LogP contribution < -0.4 is 26.4 Å². The van der Waals surface area contributed by atoms with Gasteiger partial charge in [-0.1, -0.05) is 63.9 Å². The molecule has 1 saturated heterocycles. The van der Waals surface area contributed by atoms with Crippen LogP contribution in [0.2, 0.25) is 0 Å². The van der Waals surface area contributed by atoms with Gasteiger partial charge in [0.25, 0.3) is 5.91 Å². The lowest BCUT2D eigenvalue weighted by atomic mass is 9.73. The number of anilines is 1. The lowest BCUT2D eigenvalue weighted by Gasteiger charge is -2.33. The summed E-state index contributed by atoms with van der Waals surface area (Å²) in [4.78, 5) is 36.2. The fourth-order valence-corrected chi connectivity index (χ4v) is 8.32. The average molecular weight is 777 g/mol. The highest BCUT2D eigenvalue weighted by Crippen LogP contribution is 2.40. The number of carbonyl (C=O) groups is 2. The highest BCUT2D eigenvalue weighted by Gasteiger charge is 2.48. The van der Waals surface area contributed by atoms with Crippen molar-refractivity contribution in [1.82, 2.24) is 15.3 Å². The third-order valence-electron chi connectivity index (χ3n) is 10.9. The fraction of sp³-hybridized carbons (Fsp3) is 0.545. The monoisotopic (exact) mass is 777 g/mol. The van der Waals surface area contributed by atoms with Gasteiger partial charge in [0, 0.05) is 61.5 Å². The SMILES string of the molecule is CC1CCCC(C)(C)C1.COc1c(-c2cc(C(=O)NC(Cc3ccccc3)CN(C)C)cc(N(C)C)c2)ccc(F)c1CN1OC(CN)C([C@H](C)O)C1C(N)=O. The maximum atomic E-state index is 15.6. The summed E-state index contributed by atoms with van der Waals surface area (Å²) in [5.74, 6) is -1.07. The topological polar surface area (TPSA) is 147 Å². The number of aliphatic hydroxyl groups is 1. The largest absolute Gasteiger partial charge is 0.496 e. The van der Waals surface area contributed by atoms with Crippen molar-refractivity contribution in [1.29, 1.82) is 0 Å². The first-order chi connectivity index (χ1) is 26.4. The second-order valence-electron chi connectivity index (χ2n) is 16.9. The van der Waals surface area contributed by atoms with Crippen LogP contribution in [-0.2, 0) is 22.6 Å². The van der Waals surface area contributed by atoms with E-state index in [4.69, 9.17) is 21.0 Å². The number of rotatable bonds is 14. The van der Waals surface area contributed by atoms with E-state index in [1.807, 2.05) is 80.5 Å². The normalized spacial score (nSPS) is 21.8. The molecule has 3 aromatic carbocycles. The first-order valence-corrected chi connectivity index (χ1v) is 19.7. The van der Waals surface area contributed by atoms with Crippen LogP contribution in [-0.4, -0.2) is 99.6 Å². The Labute approximate surface area is 333 Å². The van der Waals surface area contributed by atoms with E-state index >= 15 is 4.39 Å². The van der Waals surface area contributed by atoms with Crippen molar-refractivity contribution >= 4 is 17.5 Å². The minimum atomic E-state index is -1.05. The summed E-state index contributed by atoms with van der Waals surface area (Å²) in [6.45, 7) is 9.16. The molecule has 1 saturated carbocycles. The number of primary amides is 1. The molecule has 0 radical (unpaired) electrons. The van der Waals surface area contributed by atoms with Gasteiger partial charge in [0.1, 0.15) is 17.6 Å². The van der Waals surface area contributed by atoms with Crippen LogP contribution in [0.5, 0.6) is 5.75 Å². The Bertz CT molecular complexity index is 1750. The van der Waals surface area contributed by atoms with Crippen molar-refractivity contribution in [2.24, 2.45) is 28.7 Å². The number of benzene rings is 3. The first kappa shape index (κ1) is 44.6. The number of hydrogen-bond acceptors (Lipinski definition) is 9. The average Bonchev–Trinajstić information content (AvgIpc) is 3.51. The van der Waals surface area contributed by atoms with Gasteiger partial charge in [0.2, 0.25) is 5.91 Å². The van der Waals surface area contributed by atoms with Crippen LogP contribution in [0, 0.1) is 23.1 Å². The number of carbonyl (C=O) groups excluding carboxylic acids is 2. The molecule has 308 valence electrons. The summed E-state index contributed by atoms with van der Waals surface area (Å²) in [7, 11) is 9.11. The smallest absolute Gasteiger partial charge is 0.251 e. The molecule has 5 rings (SSSR count). The number of amides is 2. The zero-order valence-corrected chi connectivity index (χ0v) is 34.8. The molecule has 6 N–H and O–H groups in total. The molecule has 1 aliphatic heterocycles. The van der Waals surface area contributed by atoms with Crippen LogP contribution in [0.15, 0.2) is 60.7 Å². The number of hydroxylamine groups is 2. The van der Waals surface area contributed by atoms with E-state index in [9.17, 15) is 14.7 Å². The van der Waals surface area contributed by atoms with E-state index in [0.29, 0.717) is 35.1 Å². The summed E-state index contributed by atoms with van der Waals surface area (Å²) in [5, 5.41) is 14.9. The zero-order chi connectivity index (χ0) is 41.3. The van der Waals surface area contributed by atoms with E-state index < -0.39 is 35.9 Å². The number of halogens is 1. The quantitative estimate of drug-likeness (QED) is 0.164. The Morgan fingerprint density at radius 3 is 2.34 bits per heavy atom. The maximum Gasteiger partial charge on any atom is 0.251 e. The molecule has 6 atom stereocenters. The van der Waals surface area contributed by atoms with Crippen molar-refractivity contribution in [2.75, 3.05) is 53.3 Å². The molecule has 5 unspecified atom stereocenters.